The summed E-state index contributed by atoms with van der Waals surface area (Å²) in [5.41, 5.74) is -0.0533. The number of benzene rings is 1. The minimum atomic E-state index is -4.56. The van der Waals surface area contributed by atoms with Crippen molar-refractivity contribution >= 4 is 17.7 Å². The predicted octanol–water partition coefficient (Wildman–Crippen LogP) is 1.25. The van der Waals surface area contributed by atoms with Crippen molar-refractivity contribution in [2.24, 2.45) is 0 Å². The summed E-state index contributed by atoms with van der Waals surface area (Å²) in [6, 6.07) is 1.49. The van der Waals surface area contributed by atoms with Gasteiger partial charge in [0.1, 0.15) is 6.04 Å². The fourth-order valence-electron chi connectivity index (χ4n) is 1.67. The van der Waals surface area contributed by atoms with Gasteiger partial charge in [-0.15, -0.1) is 0 Å². The predicted molar refractivity (Wildman–Crippen MR) is 61.2 cm³/mol. The maximum absolute atomic E-state index is 12.3. The van der Waals surface area contributed by atoms with Gasteiger partial charge in [-0.1, -0.05) is 0 Å². The lowest BCUT2D eigenvalue weighted by molar-refractivity contribution is -0.149. The lowest BCUT2D eigenvalue weighted by Crippen LogP contribution is -2.43. The highest BCUT2D eigenvalue weighted by Crippen LogP contribution is 2.21. The van der Waals surface area contributed by atoms with Crippen molar-refractivity contribution in [2.45, 2.75) is 19.1 Å². The summed E-state index contributed by atoms with van der Waals surface area (Å²) in [4.78, 5) is 34.3. The van der Waals surface area contributed by atoms with Gasteiger partial charge in [-0.2, -0.15) is 13.2 Å². The summed E-state index contributed by atoms with van der Waals surface area (Å²) in [5.74, 6) is -2.24. The van der Waals surface area contributed by atoms with E-state index in [4.69, 9.17) is 0 Å². The van der Waals surface area contributed by atoms with E-state index in [-0.39, 0.29) is 16.7 Å². The van der Waals surface area contributed by atoms with E-state index in [9.17, 15) is 27.6 Å². The number of alkyl halides is 3. The van der Waals surface area contributed by atoms with Crippen LogP contribution in [0, 0.1) is 0 Å². The Morgan fingerprint density at radius 1 is 1.20 bits per heavy atom. The largest absolute Gasteiger partial charge is 0.408 e. The van der Waals surface area contributed by atoms with E-state index in [1.807, 2.05) is 5.32 Å². The third-order valence-corrected chi connectivity index (χ3v) is 2.84. The molecule has 1 aliphatic rings. The molecule has 1 aromatic carbocycles. The molecule has 2 N–H and O–H groups in total. The molecule has 8 heteroatoms. The van der Waals surface area contributed by atoms with Gasteiger partial charge in [0.15, 0.2) is 0 Å². The first-order valence-electron chi connectivity index (χ1n) is 5.57. The molecule has 0 bridgehead atoms. The van der Waals surface area contributed by atoms with Gasteiger partial charge >= 0.3 is 6.18 Å². The number of amides is 3. The molecule has 0 radical (unpaired) electrons. The highest BCUT2D eigenvalue weighted by molar-refractivity contribution is 6.22. The van der Waals surface area contributed by atoms with E-state index in [0.29, 0.717) is 0 Å². The molecule has 20 heavy (non-hydrogen) atoms. The molecular formula is C12H9F3N2O3. The Kier molecular flexibility index (Phi) is 3.24. The topological polar surface area (TPSA) is 75.3 Å². The molecule has 1 unspecified atom stereocenters. The van der Waals surface area contributed by atoms with Crippen LogP contribution in [-0.4, -0.2) is 29.9 Å². The number of nitrogens with one attached hydrogen (secondary N) is 2. The second kappa shape index (κ2) is 4.62. The van der Waals surface area contributed by atoms with Crippen LogP contribution in [-0.2, 0) is 0 Å². The van der Waals surface area contributed by atoms with Gasteiger partial charge in [-0.3, -0.25) is 19.7 Å². The van der Waals surface area contributed by atoms with E-state index in [2.05, 4.69) is 0 Å². The number of carbonyl (C=O) groups is 3. The number of carbonyl (C=O) groups excluding carboxylic acids is 3. The number of imide groups is 1. The molecule has 0 saturated carbocycles. The first kappa shape index (κ1) is 14.0. The Hall–Kier alpha value is -2.38. The van der Waals surface area contributed by atoms with Gasteiger partial charge in [0.25, 0.3) is 17.7 Å². The number of halogens is 3. The van der Waals surface area contributed by atoms with Crippen molar-refractivity contribution in [3.63, 3.8) is 0 Å². The lowest BCUT2D eigenvalue weighted by atomic mass is 10.1. The molecule has 0 aliphatic carbocycles. The van der Waals surface area contributed by atoms with Crippen molar-refractivity contribution in [3.8, 4) is 0 Å². The molecule has 0 saturated heterocycles. The van der Waals surface area contributed by atoms with E-state index in [1.165, 1.54) is 12.1 Å². The minimum Gasteiger partial charge on any atom is -0.341 e. The molecular weight excluding hydrogens is 277 g/mol. The quantitative estimate of drug-likeness (QED) is 0.803. The highest BCUT2D eigenvalue weighted by Gasteiger charge is 2.37. The van der Waals surface area contributed by atoms with E-state index >= 15 is 0 Å². The SMILES string of the molecule is CC(NC(=O)c1ccc2c(c1)C(=O)NC2=O)C(F)(F)F. The third kappa shape index (κ3) is 2.49. The van der Waals surface area contributed by atoms with Crippen LogP contribution in [0.15, 0.2) is 18.2 Å². The molecule has 0 fully saturated rings. The standard InChI is InChI=1S/C12H9F3N2O3/c1-5(12(13,14)15)16-9(18)6-2-3-7-8(4-6)11(20)17-10(7)19/h2-5H,1H3,(H,16,18)(H,17,19,20). The molecule has 1 aliphatic heterocycles. The molecule has 106 valence electrons. The smallest absolute Gasteiger partial charge is 0.341 e. The molecule has 5 nitrogen and oxygen atoms in total. The maximum Gasteiger partial charge on any atom is 0.408 e. The van der Waals surface area contributed by atoms with Crippen LogP contribution in [0.25, 0.3) is 0 Å². The molecule has 1 atom stereocenters. The average molecular weight is 286 g/mol. The van der Waals surface area contributed by atoms with Gasteiger partial charge < -0.3 is 5.32 Å². The number of hydrogen-bond acceptors (Lipinski definition) is 3. The van der Waals surface area contributed by atoms with Crippen molar-refractivity contribution in [2.75, 3.05) is 0 Å². The molecule has 1 heterocycles. The Morgan fingerprint density at radius 2 is 1.80 bits per heavy atom. The number of hydrogen-bond donors (Lipinski definition) is 2. The molecule has 3 amide bonds. The average Bonchev–Trinajstić information content (AvgIpc) is 2.63. The highest BCUT2D eigenvalue weighted by atomic mass is 19.4. The van der Waals surface area contributed by atoms with Crippen molar-refractivity contribution < 1.29 is 27.6 Å². The Morgan fingerprint density at radius 3 is 2.40 bits per heavy atom. The zero-order chi connectivity index (χ0) is 15.1. The summed E-state index contributed by atoms with van der Waals surface area (Å²) >= 11 is 0. The normalized spacial score (nSPS) is 15.6. The zero-order valence-corrected chi connectivity index (χ0v) is 10.2. The second-order valence-corrected chi connectivity index (χ2v) is 4.28. The van der Waals surface area contributed by atoms with Gasteiger partial charge in [-0.25, -0.2) is 0 Å². The van der Waals surface area contributed by atoms with Crippen LogP contribution in [0.2, 0.25) is 0 Å². The molecule has 1 aromatic rings. The minimum absolute atomic E-state index is 0.0256. The number of fused-ring (bicyclic) bond motifs is 1. The van der Waals surface area contributed by atoms with Crippen LogP contribution < -0.4 is 10.6 Å². The summed E-state index contributed by atoms with van der Waals surface area (Å²) in [6.45, 7) is 0.807. The van der Waals surface area contributed by atoms with Gasteiger partial charge in [0, 0.05) is 5.56 Å². The van der Waals surface area contributed by atoms with Crippen molar-refractivity contribution in [1.82, 2.24) is 10.6 Å². The fourth-order valence-corrected chi connectivity index (χ4v) is 1.67. The first-order chi connectivity index (χ1) is 9.20. The van der Waals surface area contributed by atoms with Gasteiger partial charge in [0.05, 0.1) is 11.1 Å². The van der Waals surface area contributed by atoms with Crippen molar-refractivity contribution in [1.29, 1.82) is 0 Å². The van der Waals surface area contributed by atoms with Crippen LogP contribution >= 0.6 is 0 Å². The Balaban J connectivity index is 2.23. The summed E-state index contributed by atoms with van der Waals surface area (Å²) in [6.07, 6.45) is -4.56. The van der Waals surface area contributed by atoms with Crippen LogP contribution in [0.4, 0.5) is 13.2 Å². The summed E-state index contributed by atoms with van der Waals surface area (Å²) < 4.78 is 37.0. The summed E-state index contributed by atoms with van der Waals surface area (Å²) in [5, 5.41) is 3.80. The lowest BCUT2D eigenvalue weighted by Gasteiger charge is -2.17. The van der Waals surface area contributed by atoms with Crippen LogP contribution in [0.3, 0.4) is 0 Å². The Labute approximate surface area is 111 Å². The third-order valence-electron chi connectivity index (χ3n) is 2.84. The van der Waals surface area contributed by atoms with E-state index in [1.54, 1.807) is 5.32 Å². The monoisotopic (exact) mass is 286 g/mol. The molecule has 2 rings (SSSR count). The van der Waals surface area contributed by atoms with E-state index in [0.717, 1.165) is 13.0 Å². The zero-order valence-electron chi connectivity index (χ0n) is 10.2. The number of rotatable bonds is 2. The molecule has 0 spiro atoms. The van der Waals surface area contributed by atoms with E-state index < -0.39 is 29.9 Å². The van der Waals surface area contributed by atoms with Gasteiger partial charge in [0.2, 0.25) is 0 Å². The fraction of sp³-hybridized carbons (Fsp3) is 0.250. The maximum atomic E-state index is 12.3. The molecule has 0 aromatic heterocycles. The first-order valence-corrected chi connectivity index (χ1v) is 5.57. The summed E-state index contributed by atoms with van der Waals surface area (Å²) in [7, 11) is 0. The Bertz CT molecular complexity index is 610. The van der Waals surface area contributed by atoms with Crippen LogP contribution in [0.1, 0.15) is 38.0 Å². The second-order valence-electron chi connectivity index (χ2n) is 4.28. The van der Waals surface area contributed by atoms with Crippen LogP contribution in [0.5, 0.6) is 0 Å². The van der Waals surface area contributed by atoms with Gasteiger partial charge in [-0.05, 0) is 25.1 Å². The van der Waals surface area contributed by atoms with Crippen molar-refractivity contribution in [3.05, 3.63) is 34.9 Å².